The summed E-state index contributed by atoms with van der Waals surface area (Å²) in [4.78, 5) is 2.38. The van der Waals surface area contributed by atoms with Crippen LogP contribution in [0.1, 0.15) is 31.6 Å². The molecular weight excluding hydrogens is 264 g/mol. The van der Waals surface area contributed by atoms with E-state index in [2.05, 4.69) is 24.0 Å². The molecule has 0 aliphatic carbocycles. The van der Waals surface area contributed by atoms with Crippen molar-refractivity contribution < 1.29 is 9.15 Å². The van der Waals surface area contributed by atoms with Crippen LogP contribution in [0.2, 0.25) is 0 Å². The van der Waals surface area contributed by atoms with Gasteiger partial charge in [-0.1, -0.05) is 18.2 Å². The second-order valence-corrected chi connectivity index (χ2v) is 6.29. The summed E-state index contributed by atoms with van der Waals surface area (Å²) in [6.45, 7) is 4.98. The molecule has 1 aliphatic rings. The Morgan fingerprint density at radius 2 is 2.24 bits per heavy atom. The lowest BCUT2D eigenvalue weighted by Crippen LogP contribution is -2.49. The summed E-state index contributed by atoms with van der Waals surface area (Å²) in [5.74, 6) is 0.862. The minimum Gasteiger partial charge on any atom is -0.459 e. The van der Waals surface area contributed by atoms with E-state index in [1.165, 1.54) is 0 Å². The predicted molar refractivity (Wildman–Crippen MR) is 84.2 cm³/mol. The number of methoxy groups -OCH3 is 1. The molecule has 0 spiro atoms. The second kappa shape index (κ2) is 5.79. The molecule has 2 unspecified atom stereocenters. The fourth-order valence-electron chi connectivity index (χ4n) is 3.18. The minimum absolute atomic E-state index is 0.0498. The second-order valence-electron chi connectivity index (χ2n) is 6.29. The van der Waals surface area contributed by atoms with Crippen molar-refractivity contribution in [2.75, 3.05) is 26.7 Å². The zero-order valence-electron chi connectivity index (χ0n) is 12.8. The van der Waals surface area contributed by atoms with Crippen molar-refractivity contribution in [2.45, 2.75) is 31.4 Å². The predicted octanol–water partition coefficient (Wildman–Crippen LogP) is 2.93. The van der Waals surface area contributed by atoms with Gasteiger partial charge in [0, 0.05) is 25.6 Å². The number of hydrogen-bond donors (Lipinski definition) is 1. The van der Waals surface area contributed by atoms with Crippen LogP contribution >= 0.6 is 0 Å². The highest BCUT2D eigenvalue weighted by atomic mass is 16.5. The van der Waals surface area contributed by atoms with Gasteiger partial charge in [-0.05, 0) is 38.4 Å². The summed E-state index contributed by atoms with van der Waals surface area (Å²) in [7, 11) is 1.79. The number of para-hydroxylation sites is 1. The molecule has 1 fully saturated rings. The molecule has 0 bridgehead atoms. The average molecular weight is 288 g/mol. The summed E-state index contributed by atoms with van der Waals surface area (Å²) in [5.41, 5.74) is 7.20. The Hall–Kier alpha value is -1.36. The Morgan fingerprint density at radius 1 is 1.43 bits per heavy atom. The highest BCUT2D eigenvalue weighted by Gasteiger charge is 2.31. The third kappa shape index (κ3) is 3.12. The summed E-state index contributed by atoms with van der Waals surface area (Å²) >= 11 is 0. The number of nitrogens with zero attached hydrogens (tertiary/aromatic N) is 1. The monoisotopic (exact) mass is 288 g/mol. The Bertz CT molecular complexity index is 577. The van der Waals surface area contributed by atoms with Gasteiger partial charge in [0.25, 0.3) is 0 Å². The maximum Gasteiger partial charge on any atom is 0.134 e. The molecule has 0 radical (unpaired) electrons. The molecule has 4 heteroatoms. The van der Waals surface area contributed by atoms with E-state index >= 15 is 0 Å². The van der Waals surface area contributed by atoms with Crippen LogP contribution < -0.4 is 5.73 Å². The van der Waals surface area contributed by atoms with Crippen molar-refractivity contribution in [2.24, 2.45) is 5.73 Å². The molecule has 2 atom stereocenters. The van der Waals surface area contributed by atoms with Crippen molar-refractivity contribution in [1.29, 1.82) is 0 Å². The van der Waals surface area contributed by atoms with E-state index in [4.69, 9.17) is 14.9 Å². The van der Waals surface area contributed by atoms with Crippen LogP contribution in [0, 0.1) is 0 Å². The number of likely N-dealkylation sites (tertiary alicyclic amines) is 1. The van der Waals surface area contributed by atoms with E-state index in [0.717, 1.165) is 49.2 Å². The molecule has 1 aromatic heterocycles. The van der Waals surface area contributed by atoms with E-state index in [1.54, 1.807) is 7.11 Å². The lowest BCUT2D eigenvalue weighted by molar-refractivity contribution is -0.0520. The normalized spacial score (nSPS) is 25.3. The zero-order valence-corrected chi connectivity index (χ0v) is 12.8. The molecular formula is C17H24N2O2. The van der Waals surface area contributed by atoms with Crippen LogP contribution in [-0.4, -0.2) is 37.2 Å². The van der Waals surface area contributed by atoms with Gasteiger partial charge in [0.2, 0.25) is 0 Å². The van der Waals surface area contributed by atoms with E-state index in [0.29, 0.717) is 0 Å². The first-order chi connectivity index (χ1) is 10.1. The molecule has 114 valence electrons. The average Bonchev–Trinajstić information content (AvgIpc) is 2.91. The Labute approximate surface area is 125 Å². The first-order valence-electron chi connectivity index (χ1n) is 7.61. The van der Waals surface area contributed by atoms with Crippen molar-refractivity contribution in [3.05, 3.63) is 36.1 Å². The van der Waals surface area contributed by atoms with Gasteiger partial charge in [-0.2, -0.15) is 0 Å². The molecule has 1 aliphatic heterocycles. The third-order valence-corrected chi connectivity index (χ3v) is 4.50. The first-order valence-corrected chi connectivity index (χ1v) is 7.61. The van der Waals surface area contributed by atoms with Crippen LogP contribution in [0.5, 0.6) is 0 Å². The molecule has 21 heavy (non-hydrogen) atoms. The smallest absolute Gasteiger partial charge is 0.134 e. The molecule has 2 aromatic rings. The number of nitrogens with two attached hydrogens (primary N) is 1. The SMILES string of the molecule is COC1(C)CCCN(CC(N)c2cc3ccccc3o2)C1. The first kappa shape index (κ1) is 14.6. The van der Waals surface area contributed by atoms with Crippen LogP contribution in [0.25, 0.3) is 11.0 Å². The Kier molecular flexibility index (Phi) is 4.02. The van der Waals surface area contributed by atoms with Crippen molar-refractivity contribution in [1.82, 2.24) is 4.90 Å². The summed E-state index contributed by atoms with van der Waals surface area (Å²) in [6, 6.07) is 9.99. The molecule has 3 rings (SSSR count). The lowest BCUT2D eigenvalue weighted by Gasteiger charge is -2.40. The molecule has 0 saturated carbocycles. The third-order valence-electron chi connectivity index (χ3n) is 4.50. The highest BCUT2D eigenvalue weighted by molar-refractivity contribution is 5.77. The lowest BCUT2D eigenvalue weighted by atomic mass is 9.94. The van der Waals surface area contributed by atoms with Gasteiger partial charge in [-0.25, -0.2) is 0 Å². The number of ether oxygens (including phenoxy) is 1. The van der Waals surface area contributed by atoms with Gasteiger partial charge in [0.15, 0.2) is 0 Å². The van der Waals surface area contributed by atoms with E-state index in [-0.39, 0.29) is 11.6 Å². The molecule has 2 N–H and O–H groups in total. The van der Waals surface area contributed by atoms with E-state index in [9.17, 15) is 0 Å². The van der Waals surface area contributed by atoms with E-state index < -0.39 is 0 Å². The molecule has 4 nitrogen and oxygen atoms in total. The number of piperidine rings is 1. The zero-order chi connectivity index (χ0) is 14.9. The standard InChI is InChI=1S/C17H24N2O2/c1-17(20-2)8-5-9-19(12-17)11-14(18)16-10-13-6-3-4-7-15(13)21-16/h3-4,6-7,10,14H,5,8-9,11-12,18H2,1-2H3. The van der Waals surface area contributed by atoms with Crippen molar-refractivity contribution in [3.63, 3.8) is 0 Å². The quantitative estimate of drug-likeness (QED) is 0.940. The molecule has 0 amide bonds. The van der Waals surface area contributed by atoms with Gasteiger partial charge in [0.1, 0.15) is 11.3 Å². The number of rotatable bonds is 4. The number of furan rings is 1. The van der Waals surface area contributed by atoms with Gasteiger partial charge in [-0.15, -0.1) is 0 Å². The fraction of sp³-hybridized carbons (Fsp3) is 0.529. The number of hydrogen-bond acceptors (Lipinski definition) is 4. The van der Waals surface area contributed by atoms with Gasteiger partial charge in [-0.3, -0.25) is 4.90 Å². The summed E-state index contributed by atoms with van der Waals surface area (Å²) in [5, 5.41) is 1.11. The van der Waals surface area contributed by atoms with Crippen LogP contribution in [-0.2, 0) is 4.74 Å². The van der Waals surface area contributed by atoms with Crippen molar-refractivity contribution in [3.8, 4) is 0 Å². The number of benzene rings is 1. The van der Waals surface area contributed by atoms with Gasteiger partial charge >= 0.3 is 0 Å². The highest BCUT2D eigenvalue weighted by Crippen LogP contribution is 2.27. The van der Waals surface area contributed by atoms with Crippen LogP contribution in [0.15, 0.2) is 34.7 Å². The molecule has 2 heterocycles. The maximum absolute atomic E-state index is 6.34. The maximum atomic E-state index is 6.34. The van der Waals surface area contributed by atoms with Crippen LogP contribution in [0.4, 0.5) is 0 Å². The number of fused-ring (bicyclic) bond motifs is 1. The van der Waals surface area contributed by atoms with Crippen LogP contribution in [0.3, 0.4) is 0 Å². The minimum atomic E-state index is -0.100. The van der Waals surface area contributed by atoms with Crippen molar-refractivity contribution >= 4 is 11.0 Å². The Morgan fingerprint density at radius 3 is 3.00 bits per heavy atom. The van der Waals surface area contributed by atoms with Gasteiger partial charge in [0.05, 0.1) is 11.6 Å². The fourth-order valence-corrected chi connectivity index (χ4v) is 3.18. The topological polar surface area (TPSA) is 51.6 Å². The van der Waals surface area contributed by atoms with E-state index in [1.807, 2.05) is 18.2 Å². The van der Waals surface area contributed by atoms with Gasteiger partial charge < -0.3 is 14.9 Å². The Balaban J connectivity index is 1.69. The molecule has 1 aromatic carbocycles. The largest absolute Gasteiger partial charge is 0.459 e. The molecule has 1 saturated heterocycles. The summed E-state index contributed by atoms with van der Waals surface area (Å²) in [6.07, 6.45) is 2.26. The summed E-state index contributed by atoms with van der Waals surface area (Å²) < 4.78 is 11.5.